The quantitative estimate of drug-likeness (QED) is 0.443. The molecule has 3 aromatic rings. The van der Waals surface area contributed by atoms with Crippen LogP contribution in [0.2, 0.25) is 5.02 Å². The van der Waals surface area contributed by atoms with E-state index in [0.717, 1.165) is 14.6 Å². The lowest BCUT2D eigenvalue weighted by molar-refractivity contribution is 0.619. The summed E-state index contributed by atoms with van der Waals surface area (Å²) in [6.45, 7) is 0. The van der Waals surface area contributed by atoms with Crippen LogP contribution in [0.4, 0.5) is 4.39 Å². The average Bonchev–Trinajstić information content (AvgIpc) is 2.65. The van der Waals surface area contributed by atoms with Crippen molar-refractivity contribution in [1.29, 1.82) is 0 Å². The van der Waals surface area contributed by atoms with Gasteiger partial charge in [-0.15, -0.1) is 0 Å². The maximum atomic E-state index is 14.0. The summed E-state index contributed by atoms with van der Waals surface area (Å²) in [5, 5.41) is 0.329. The number of halogens is 3. The van der Waals surface area contributed by atoms with Gasteiger partial charge in [-0.1, -0.05) is 17.7 Å². The molecule has 0 unspecified atom stereocenters. The Morgan fingerprint density at radius 3 is 2.79 bits per heavy atom. The molecule has 0 saturated heterocycles. The normalized spacial score (nSPS) is 11.1. The van der Waals surface area contributed by atoms with Gasteiger partial charge in [0.25, 0.3) is 0 Å². The number of hydrogen-bond acceptors (Lipinski definition) is 1. The van der Waals surface area contributed by atoms with Gasteiger partial charge in [0.1, 0.15) is 11.5 Å². The highest BCUT2D eigenvalue weighted by atomic mass is 127. The molecule has 0 aliphatic rings. The molecular formula is C13H7ClFIN2S. The molecule has 6 heteroatoms. The zero-order valence-corrected chi connectivity index (χ0v) is 13.2. The number of H-pyrrole nitrogens is 1. The fourth-order valence-electron chi connectivity index (χ4n) is 2.01. The molecule has 3 rings (SSSR count). The molecule has 0 amide bonds. The van der Waals surface area contributed by atoms with Crippen LogP contribution < -0.4 is 0 Å². The van der Waals surface area contributed by atoms with Gasteiger partial charge >= 0.3 is 0 Å². The Morgan fingerprint density at radius 2 is 2.05 bits per heavy atom. The number of fused-ring (bicyclic) bond motifs is 1. The lowest BCUT2D eigenvalue weighted by Gasteiger charge is -2.08. The summed E-state index contributed by atoms with van der Waals surface area (Å²) in [7, 11) is 0. The van der Waals surface area contributed by atoms with Crippen molar-refractivity contribution in [3.8, 4) is 5.69 Å². The first kappa shape index (κ1) is 13.1. The maximum Gasteiger partial charge on any atom is 0.182 e. The Bertz CT molecular complexity index is 820. The molecule has 0 spiro atoms. The highest BCUT2D eigenvalue weighted by Crippen LogP contribution is 2.28. The lowest BCUT2D eigenvalue weighted by atomic mass is 10.2. The van der Waals surface area contributed by atoms with Crippen molar-refractivity contribution in [3.05, 3.63) is 55.6 Å². The minimum atomic E-state index is -0.400. The van der Waals surface area contributed by atoms with Crippen LogP contribution in [0.1, 0.15) is 0 Å². The molecule has 96 valence electrons. The van der Waals surface area contributed by atoms with Crippen molar-refractivity contribution in [2.24, 2.45) is 0 Å². The zero-order chi connectivity index (χ0) is 13.6. The van der Waals surface area contributed by atoms with Crippen molar-refractivity contribution in [2.45, 2.75) is 0 Å². The van der Waals surface area contributed by atoms with Crippen molar-refractivity contribution >= 4 is 57.4 Å². The molecule has 1 heterocycles. The molecule has 0 atom stereocenters. The molecule has 2 aromatic carbocycles. The first-order valence-corrected chi connectivity index (χ1v) is 7.29. The summed E-state index contributed by atoms with van der Waals surface area (Å²) in [5.41, 5.74) is 1.94. The number of hydrogen-bond donors (Lipinski definition) is 1. The molecule has 1 N–H and O–H groups in total. The van der Waals surface area contributed by atoms with E-state index in [0.29, 0.717) is 9.79 Å². The summed E-state index contributed by atoms with van der Waals surface area (Å²) in [6.07, 6.45) is 0. The molecule has 0 saturated carbocycles. The first-order valence-electron chi connectivity index (χ1n) is 5.42. The molecule has 0 fully saturated rings. The average molecular weight is 405 g/mol. The van der Waals surface area contributed by atoms with Gasteiger partial charge in [-0.3, -0.25) is 4.57 Å². The van der Waals surface area contributed by atoms with Crippen molar-refractivity contribution in [3.63, 3.8) is 0 Å². The SMILES string of the molecule is Fc1cccc(Cl)c1-n1c(=S)[nH]c2cc(I)ccc21. The molecule has 2 nitrogen and oxygen atoms in total. The van der Waals surface area contributed by atoms with Gasteiger partial charge in [-0.25, -0.2) is 4.39 Å². The third kappa shape index (κ3) is 2.19. The van der Waals surface area contributed by atoms with E-state index in [-0.39, 0.29) is 5.69 Å². The summed E-state index contributed by atoms with van der Waals surface area (Å²) in [6, 6.07) is 10.4. The van der Waals surface area contributed by atoms with Crippen LogP contribution in [0.3, 0.4) is 0 Å². The number of rotatable bonds is 1. The smallest absolute Gasteiger partial charge is 0.182 e. The van der Waals surface area contributed by atoms with E-state index in [4.69, 9.17) is 23.8 Å². The Kier molecular flexibility index (Phi) is 3.36. The van der Waals surface area contributed by atoms with Crippen molar-refractivity contribution in [2.75, 3.05) is 0 Å². The second kappa shape index (κ2) is 4.88. The molecule has 0 aliphatic carbocycles. The Hall–Kier alpha value is -0.920. The summed E-state index contributed by atoms with van der Waals surface area (Å²) in [4.78, 5) is 3.07. The maximum absolute atomic E-state index is 14.0. The van der Waals surface area contributed by atoms with Crippen LogP contribution >= 0.6 is 46.4 Å². The minimum Gasteiger partial charge on any atom is -0.330 e. The second-order valence-corrected chi connectivity index (χ2v) is 6.04. The molecule has 0 aliphatic heterocycles. The van der Waals surface area contributed by atoms with Crippen LogP contribution in [0.15, 0.2) is 36.4 Å². The van der Waals surface area contributed by atoms with E-state index in [9.17, 15) is 4.39 Å². The Labute approximate surface area is 132 Å². The topological polar surface area (TPSA) is 20.7 Å². The predicted molar refractivity (Wildman–Crippen MR) is 86.1 cm³/mol. The number of nitrogens with zero attached hydrogens (tertiary/aromatic N) is 1. The summed E-state index contributed by atoms with van der Waals surface area (Å²) in [5.74, 6) is -0.400. The first-order chi connectivity index (χ1) is 9.08. The van der Waals surface area contributed by atoms with Gasteiger partial charge in [0.05, 0.1) is 16.1 Å². The second-order valence-electron chi connectivity index (χ2n) is 4.00. The summed E-state index contributed by atoms with van der Waals surface area (Å²) >= 11 is 13.6. The van der Waals surface area contributed by atoms with Crippen molar-refractivity contribution in [1.82, 2.24) is 9.55 Å². The number of aromatic amines is 1. The van der Waals surface area contributed by atoms with Gasteiger partial charge in [-0.2, -0.15) is 0 Å². The van der Waals surface area contributed by atoms with Crippen LogP contribution in [-0.4, -0.2) is 9.55 Å². The Morgan fingerprint density at radius 1 is 1.26 bits per heavy atom. The molecule has 19 heavy (non-hydrogen) atoms. The van der Waals surface area contributed by atoms with Gasteiger partial charge in [-0.05, 0) is 65.1 Å². The van der Waals surface area contributed by atoms with Crippen LogP contribution in [0.5, 0.6) is 0 Å². The van der Waals surface area contributed by atoms with Gasteiger partial charge in [0, 0.05) is 3.57 Å². The van der Waals surface area contributed by atoms with E-state index >= 15 is 0 Å². The molecular weight excluding hydrogens is 398 g/mol. The lowest BCUT2D eigenvalue weighted by Crippen LogP contribution is -1.98. The minimum absolute atomic E-state index is 0.279. The highest BCUT2D eigenvalue weighted by molar-refractivity contribution is 14.1. The number of imidazole rings is 1. The van der Waals surface area contributed by atoms with Gasteiger partial charge < -0.3 is 4.98 Å². The molecule has 1 aromatic heterocycles. The third-order valence-electron chi connectivity index (χ3n) is 2.81. The van der Waals surface area contributed by atoms with E-state index in [2.05, 4.69) is 27.6 Å². The fourth-order valence-corrected chi connectivity index (χ4v) is 3.05. The highest BCUT2D eigenvalue weighted by Gasteiger charge is 2.14. The van der Waals surface area contributed by atoms with E-state index in [1.807, 2.05) is 18.2 Å². The molecule has 0 bridgehead atoms. The van der Waals surface area contributed by atoms with E-state index in [1.165, 1.54) is 6.07 Å². The third-order valence-corrected chi connectivity index (χ3v) is 4.07. The van der Waals surface area contributed by atoms with Crippen LogP contribution in [-0.2, 0) is 0 Å². The standard InChI is InChI=1S/C13H7ClFIN2S/c14-8-2-1-3-9(15)12(8)18-11-5-4-7(16)6-10(11)17-13(18)19/h1-6H,(H,17,19). The van der Waals surface area contributed by atoms with Crippen LogP contribution in [0, 0.1) is 14.2 Å². The number of nitrogens with one attached hydrogen (secondary N) is 1. The predicted octanol–water partition coefficient (Wildman–Crippen LogP) is 5.09. The van der Waals surface area contributed by atoms with Gasteiger partial charge in [0.15, 0.2) is 4.77 Å². The number of aromatic nitrogens is 2. The van der Waals surface area contributed by atoms with E-state index < -0.39 is 5.82 Å². The van der Waals surface area contributed by atoms with Crippen LogP contribution in [0.25, 0.3) is 16.7 Å². The summed E-state index contributed by atoms with van der Waals surface area (Å²) < 4.78 is 17.2. The van der Waals surface area contributed by atoms with E-state index in [1.54, 1.807) is 16.7 Å². The monoisotopic (exact) mass is 404 g/mol. The van der Waals surface area contributed by atoms with Crippen molar-refractivity contribution < 1.29 is 4.39 Å². The number of benzene rings is 2. The largest absolute Gasteiger partial charge is 0.330 e. The molecule has 0 radical (unpaired) electrons. The zero-order valence-electron chi connectivity index (χ0n) is 9.45. The van der Waals surface area contributed by atoms with Gasteiger partial charge in [0.2, 0.25) is 0 Å². The fraction of sp³-hybridized carbons (Fsp3) is 0. The Balaban J connectivity index is 2.43. The number of para-hydroxylation sites is 1.